The second-order valence-corrected chi connectivity index (χ2v) is 8.61. The molecule has 4 aromatic rings. The molecule has 146 valence electrons. The topological polar surface area (TPSA) is 29.1 Å². The fourth-order valence-corrected chi connectivity index (χ4v) is 5.89. The Bertz CT molecular complexity index is 1240. The van der Waals surface area contributed by atoms with Crippen molar-refractivity contribution >= 4 is 22.4 Å². The molecule has 0 fully saturated rings. The standard InChI is InChI=1S/C28H23NO/c1-17-25-20-12-4-6-14-22(20)27(23-15-7-5-13-21(23)25)26(17)28(30)29-24-16-8-10-18-9-2-3-11-19(18)24/h2-17,25-27H,1H3,(H,29,30). The van der Waals surface area contributed by atoms with Crippen molar-refractivity contribution in [3.8, 4) is 0 Å². The van der Waals surface area contributed by atoms with Crippen molar-refractivity contribution in [3.63, 3.8) is 0 Å². The number of rotatable bonds is 2. The van der Waals surface area contributed by atoms with Crippen LogP contribution >= 0.6 is 0 Å². The molecule has 2 heteroatoms. The summed E-state index contributed by atoms with van der Waals surface area (Å²) in [5.74, 6) is 0.657. The molecule has 30 heavy (non-hydrogen) atoms. The number of anilines is 1. The molecular weight excluding hydrogens is 366 g/mol. The van der Waals surface area contributed by atoms with Gasteiger partial charge in [0, 0.05) is 22.9 Å². The van der Waals surface area contributed by atoms with Crippen molar-refractivity contribution in [3.05, 3.63) is 113 Å². The van der Waals surface area contributed by atoms with Gasteiger partial charge in [-0.25, -0.2) is 0 Å². The van der Waals surface area contributed by atoms with Gasteiger partial charge < -0.3 is 5.32 Å². The summed E-state index contributed by atoms with van der Waals surface area (Å²) in [7, 11) is 0. The van der Waals surface area contributed by atoms with E-state index >= 15 is 0 Å². The van der Waals surface area contributed by atoms with Crippen LogP contribution in [0.15, 0.2) is 91.0 Å². The summed E-state index contributed by atoms with van der Waals surface area (Å²) in [5, 5.41) is 5.52. The molecule has 3 aliphatic carbocycles. The lowest BCUT2D eigenvalue weighted by Crippen LogP contribution is -2.44. The molecule has 2 bridgehead atoms. The van der Waals surface area contributed by atoms with Crippen molar-refractivity contribution in [2.24, 2.45) is 11.8 Å². The quantitative estimate of drug-likeness (QED) is 0.427. The predicted molar refractivity (Wildman–Crippen MR) is 122 cm³/mol. The average Bonchev–Trinajstić information content (AvgIpc) is 2.79. The third-order valence-electron chi connectivity index (χ3n) is 7.13. The molecule has 2 unspecified atom stereocenters. The van der Waals surface area contributed by atoms with Gasteiger partial charge in [0.2, 0.25) is 5.91 Å². The Hall–Kier alpha value is -3.39. The van der Waals surface area contributed by atoms with Gasteiger partial charge in [-0.3, -0.25) is 4.79 Å². The maximum atomic E-state index is 13.7. The van der Waals surface area contributed by atoms with Crippen LogP contribution in [0.5, 0.6) is 0 Å². The van der Waals surface area contributed by atoms with Crippen LogP contribution in [-0.4, -0.2) is 5.91 Å². The highest BCUT2D eigenvalue weighted by molar-refractivity contribution is 6.03. The molecule has 0 saturated heterocycles. The number of benzene rings is 4. The second kappa shape index (κ2) is 6.56. The van der Waals surface area contributed by atoms with E-state index in [0.717, 1.165) is 16.5 Å². The predicted octanol–water partition coefficient (Wildman–Crippen LogP) is 6.32. The highest BCUT2D eigenvalue weighted by Crippen LogP contribution is 2.58. The fourth-order valence-electron chi connectivity index (χ4n) is 5.89. The molecule has 0 radical (unpaired) electrons. The number of fused-ring (bicyclic) bond motifs is 2. The molecule has 1 amide bonds. The smallest absolute Gasteiger partial charge is 0.228 e. The van der Waals surface area contributed by atoms with E-state index in [1.54, 1.807) is 0 Å². The van der Waals surface area contributed by atoms with Crippen molar-refractivity contribution in [1.82, 2.24) is 0 Å². The molecule has 0 aromatic heterocycles. The van der Waals surface area contributed by atoms with Gasteiger partial charge in [-0.15, -0.1) is 0 Å². The molecule has 7 rings (SSSR count). The first-order valence-corrected chi connectivity index (χ1v) is 10.7. The maximum Gasteiger partial charge on any atom is 0.228 e. The van der Waals surface area contributed by atoms with Crippen LogP contribution in [-0.2, 0) is 4.79 Å². The van der Waals surface area contributed by atoms with Crippen LogP contribution in [0.4, 0.5) is 5.69 Å². The lowest BCUT2D eigenvalue weighted by molar-refractivity contribution is -0.122. The lowest BCUT2D eigenvalue weighted by Gasteiger charge is -2.49. The van der Waals surface area contributed by atoms with Gasteiger partial charge in [0.05, 0.1) is 5.92 Å². The van der Waals surface area contributed by atoms with E-state index in [0.29, 0.717) is 0 Å². The van der Waals surface area contributed by atoms with Gasteiger partial charge in [0.1, 0.15) is 0 Å². The summed E-state index contributed by atoms with van der Waals surface area (Å²) < 4.78 is 0. The maximum absolute atomic E-state index is 13.7. The Labute approximate surface area is 176 Å². The minimum atomic E-state index is -0.0845. The van der Waals surface area contributed by atoms with E-state index in [4.69, 9.17) is 0 Å². The first kappa shape index (κ1) is 17.5. The van der Waals surface area contributed by atoms with E-state index in [1.807, 2.05) is 24.3 Å². The highest BCUT2D eigenvalue weighted by atomic mass is 16.1. The van der Waals surface area contributed by atoms with Crippen molar-refractivity contribution in [1.29, 1.82) is 0 Å². The summed E-state index contributed by atoms with van der Waals surface area (Å²) in [4.78, 5) is 13.7. The molecule has 2 atom stereocenters. The SMILES string of the molecule is CC1C2c3ccccc3C(c3ccccc32)C1C(=O)Nc1cccc2ccccc12. The first-order chi connectivity index (χ1) is 14.7. The third-order valence-corrected chi connectivity index (χ3v) is 7.13. The molecule has 4 aromatic carbocycles. The summed E-state index contributed by atoms with van der Waals surface area (Å²) >= 11 is 0. The third kappa shape index (κ3) is 2.40. The number of carbonyl (C=O) groups excluding carboxylic acids is 1. The average molecular weight is 389 g/mol. The van der Waals surface area contributed by atoms with Crippen molar-refractivity contribution in [2.45, 2.75) is 18.8 Å². The number of carbonyl (C=O) groups is 1. The number of nitrogens with one attached hydrogen (secondary N) is 1. The monoisotopic (exact) mass is 389 g/mol. The van der Waals surface area contributed by atoms with Gasteiger partial charge in [-0.1, -0.05) is 91.9 Å². The number of hydrogen-bond acceptors (Lipinski definition) is 1. The van der Waals surface area contributed by atoms with Crippen molar-refractivity contribution < 1.29 is 4.79 Å². The van der Waals surface area contributed by atoms with Gasteiger partial charge in [0.25, 0.3) is 0 Å². The Morgan fingerprint density at radius 2 is 1.20 bits per heavy atom. The normalized spacial score (nSPS) is 23.6. The van der Waals surface area contributed by atoms with Gasteiger partial charge in [-0.05, 0) is 39.6 Å². The molecule has 0 spiro atoms. The van der Waals surface area contributed by atoms with E-state index < -0.39 is 0 Å². The molecular formula is C28H23NO. The largest absolute Gasteiger partial charge is 0.325 e. The Kier molecular flexibility index (Phi) is 3.82. The molecule has 0 aliphatic heterocycles. The first-order valence-electron chi connectivity index (χ1n) is 10.7. The van der Waals surface area contributed by atoms with Crippen LogP contribution in [0, 0.1) is 11.8 Å². The van der Waals surface area contributed by atoms with E-state index in [2.05, 4.69) is 79.0 Å². The van der Waals surface area contributed by atoms with Gasteiger partial charge in [-0.2, -0.15) is 0 Å². The minimum Gasteiger partial charge on any atom is -0.325 e. The molecule has 0 heterocycles. The van der Waals surface area contributed by atoms with Crippen LogP contribution in [0.3, 0.4) is 0 Å². The zero-order chi connectivity index (χ0) is 20.2. The van der Waals surface area contributed by atoms with E-state index in [9.17, 15) is 4.79 Å². The number of hydrogen-bond donors (Lipinski definition) is 1. The van der Waals surface area contributed by atoms with Crippen LogP contribution in [0.25, 0.3) is 10.8 Å². The summed E-state index contributed by atoms with van der Waals surface area (Å²) in [6.45, 7) is 2.25. The van der Waals surface area contributed by atoms with E-state index in [-0.39, 0.29) is 29.6 Å². The molecule has 1 N–H and O–H groups in total. The molecule has 2 nitrogen and oxygen atoms in total. The highest BCUT2D eigenvalue weighted by Gasteiger charge is 2.50. The number of amides is 1. The summed E-state index contributed by atoms with van der Waals surface area (Å²) in [6, 6.07) is 31.7. The van der Waals surface area contributed by atoms with Crippen LogP contribution in [0.2, 0.25) is 0 Å². The van der Waals surface area contributed by atoms with Crippen LogP contribution < -0.4 is 5.32 Å². The zero-order valence-corrected chi connectivity index (χ0v) is 16.9. The second-order valence-electron chi connectivity index (χ2n) is 8.61. The molecule has 3 aliphatic rings. The molecule has 0 saturated carbocycles. The van der Waals surface area contributed by atoms with Crippen molar-refractivity contribution in [2.75, 3.05) is 5.32 Å². The van der Waals surface area contributed by atoms with Gasteiger partial charge in [0.15, 0.2) is 0 Å². The Balaban J connectivity index is 1.45. The fraction of sp³-hybridized carbons (Fsp3) is 0.179. The van der Waals surface area contributed by atoms with Gasteiger partial charge >= 0.3 is 0 Å². The summed E-state index contributed by atoms with van der Waals surface area (Å²) in [5.41, 5.74) is 6.31. The lowest BCUT2D eigenvalue weighted by atomic mass is 9.54. The summed E-state index contributed by atoms with van der Waals surface area (Å²) in [6.07, 6.45) is 0. The zero-order valence-electron chi connectivity index (χ0n) is 16.9. The Morgan fingerprint density at radius 3 is 1.87 bits per heavy atom. The minimum absolute atomic E-state index is 0.0845. The van der Waals surface area contributed by atoms with Crippen LogP contribution in [0.1, 0.15) is 41.0 Å². The van der Waals surface area contributed by atoms with E-state index in [1.165, 1.54) is 22.3 Å². The Morgan fingerprint density at radius 1 is 0.667 bits per heavy atom.